The van der Waals surface area contributed by atoms with Crippen molar-refractivity contribution in [3.05, 3.63) is 54.1 Å². The van der Waals surface area contributed by atoms with Gasteiger partial charge in [-0.05, 0) is 22.6 Å². The first kappa shape index (κ1) is 18.1. The predicted molar refractivity (Wildman–Crippen MR) is 100 cm³/mol. The van der Waals surface area contributed by atoms with E-state index in [1.54, 1.807) is 0 Å². The number of aliphatic hydroxyl groups is 1. The van der Waals surface area contributed by atoms with Crippen molar-refractivity contribution >= 4 is 11.4 Å². The van der Waals surface area contributed by atoms with E-state index in [0.29, 0.717) is 11.1 Å². The third-order valence-electron chi connectivity index (χ3n) is 5.74. The van der Waals surface area contributed by atoms with Crippen LogP contribution in [-0.2, 0) is 9.53 Å². The second-order valence-corrected chi connectivity index (χ2v) is 9.29. The number of benzene rings is 1. The SMILES string of the molecule is C=C(C1=CC2(C(C)(C)C)OC2C(O)(C(C)(C)C)C1=O)c1ccccc1. The number of epoxide rings is 1. The molecular formula is C22H28O3. The van der Waals surface area contributed by atoms with E-state index >= 15 is 0 Å². The lowest BCUT2D eigenvalue weighted by Gasteiger charge is -2.43. The zero-order chi connectivity index (χ0) is 18.8. The number of ether oxygens (including phenoxy) is 1. The minimum absolute atomic E-state index is 0.250. The number of hydrogen-bond donors (Lipinski definition) is 1. The first-order valence-corrected chi connectivity index (χ1v) is 8.79. The van der Waals surface area contributed by atoms with Crippen molar-refractivity contribution in [2.24, 2.45) is 10.8 Å². The molecule has 3 nitrogen and oxygen atoms in total. The Hall–Kier alpha value is -1.71. The van der Waals surface area contributed by atoms with E-state index in [9.17, 15) is 9.90 Å². The Kier molecular flexibility index (Phi) is 3.73. The molecule has 1 aliphatic carbocycles. The van der Waals surface area contributed by atoms with Crippen LogP contribution in [-0.4, -0.2) is 28.2 Å². The number of Topliss-reactive ketones (excluding diaryl/α,β-unsaturated/α-hetero) is 1. The number of carbonyl (C=O) groups excluding carboxylic acids is 1. The highest BCUT2D eigenvalue weighted by Crippen LogP contribution is 2.62. The quantitative estimate of drug-likeness (QED) is 0.822. The topological polar surface area (TPSA) is 49.8 Å². The van der Waals surface area contributed by atoms with Crippen LogP contribution in [0, 0.1) is 10.8 Å². The second-order valence-electron chi connectivity index (χ2n) is 9.29. The van der Waals surface area contributed by atoms with Crippen molar-refractivity contribution in [1.29, 1.82) is 0 Å². The summed E-state index contributed by atoms with van der Waals surface area (Å²) in [6.45, 7) is 16.0. The Morgan fingerprint density at radius 2 is 1.64 bits per heavy atom. The molecule has 0 spiro atoms. The van der Waals surface area contributed by atoms with Crippen LogP contribution >= 0.6 is 0 Å². The molecule has 0 bridgehead atoms. The molecule has 1 heterocycles. The molecule has 1 aromatic rings. The Morgan fingerprint density at radius 1 is 1.08 bits per heavy atom. The third-order valence-corrected chi connectivity index (χ3v) is 5.74. The number of rotatable bonds is 2. The molecule has 134 valence electrons. The summed E-state index contributed by atoms with van der Waals surface area (Å²) in [5.41, 5.74) is -1.17. The Labute approximate surface area is 150 Å². The molecule has 0 saturated carbocycles. The fourth-order valence-corrected chi connectivity index (χ4v) is 3.81. The summed E-state index contributed by atoms with van der Waals surface area (Å²) in [6.07, 6.45) is 1.37. The molecule has 3 heteroatoms. The molecule has 1 aromatic carbocycles. The lowest BCUT2D eigenvalue weighted by molar-refractivity contribution is -0.149. The molecule has 1 saturated heterocycles. The van der Waals surface area contributed by atoms with E-state index in [4.69, 9.17) is 4.74 Å². The van der Waals surface area contributed by atoms with Gasteiger partial charge >= 0.3 is 0 Å². The Balaban J connectivity index is 2.18. The van der Waals surface area contributed by atoms with Crippen molar-refractivity contribution in [2.75, 3.05) is 0 Å². The largest absolute Gasteiger partial charge is 0.378 e. The van der Waals surface area contributed by atoms with Crippen molar-refractivity contribution in [2.45, 2.75) is 58.8 Å². The van der Waals surface area contributed by atoms with E-state index < -0.39 is 22.7 Å². The smallest absolute Gasteiger partial charge is 0.198 e. The van der Waals surface area contributed by atoms with Gasteiger partial charge in [-0.1, -0.05) is 78.5 Å². The highest BCUT2D eigenvalue weighted by Gasteiger charge is 2.76. The fraction of sp³-hybridized carbons (Fsp3) is 0.500. The Bertz CT molecular complexity index is 761. The van der Waals surface area contributed by atoms with Gasteiger partial charge in [0.2, 0.25) is 0 Å². The van der Waals surface area contributed by atoms with Gasteiger partial charge in [0.25, 0.3) is 0 Å². The van der Waals surface area contributed by atoms with Gasteiger partial charge in [0, 0.05) is 11.0 Å². The van der Waals surface area contributed by atoms with E-state index in [-0.39, 0.29) is 11.2 Å². The van der Waals surface area contributed by atoms with Gasteiger partial charge in [0.15, 0.2) is 11.4 Å². The first-order valence-electron chi connectivity index (χ1n) is 8.79. The summed E-state index contributed by atoms with van der Waals surface area (Å²) in [5, 5.41) is 11.5. The molecule has 3 atom stereocenters. The molecule has 1 aliphatic heterocycles. The number of fused-ring (bicyclic) bond motifs is 1. The maximum atomic E-state index is 13.4. The van der Waals surface area contributed by atoms with Crippen LogP contribution in [0.4, 0.5) is 0 Å². The first-order chi connectivity index (χ1) is 11.4. The lowest BCUT2D eigenvalue weighted by atomic mass is 9.60. The minimum atomic E-state index is -1.58. The summed E-state index contributed by atoms with van der Waals surface area (Å²) in [6, 6.07) is 9.61. The zero-order valence-electron chi connectivity index (χ0n) is 16.0. The van der Waals surface area contributed by atoms with Crippen molar-refractivity contribution in [3.63, 3.8) is 0 Å². The van der Waals surface area contributed by atoms with Gasteiger partial charge in [0.1, 0.15) is 11.7 Å². The van der Waals surface area contributed by atoms with E-state index in [1.807, 2.05) is 57.2 Å². The van der Waals surface area contributed by atoms with Crippen LogP contribution in [0.25, 0.3) is 5.57 Å². The number of carbonyl (C=O) groups is 1. The second kappa shape index (κ2) is 5.15. The summed E-state index contributed by atoms with van der Waals surface area (Å²) in [7, 11) is 0. The number of hydrogen-bond acceptors (Lipinski definition) is 3. The Morgan fingerprint density at radius 3 is 2.12 bits per heavy atom. The fourth-order valence-electron chi connectivity index (χ4n) is 3.81. The van der Waals surface area contributed by atoms with Gasteiger partial charge in [0.05, 0.1) is 0 Å². The van der Waals surface area contributed by atoms with Crippen LogP contribution in [0.1, 0.15) is 47.1 Å². The van der Waals surface area contributed by atoms with Crippen LogP contribution < -0.4 is 0 Å². The lowest BCUT2D eigenvalue weighted by Crippen LogP contribution is -2.60. The zero-order valence-corrected chi connectivity index (χ0v) is 16.0. The summed E-state index contributed by atoms with van der Waals surface area (Å²) in [4.78, 5) is 13.4. The third kappa shape index (κ3) is 2.37. The molecule has 2 aliphatic rings. The highest BCUT2D eigenvalue weighted by atomic mass is 16.6. The van der Waals surface area contributed by atoms with Crippen molar-refractivity contribution < 1.29 is 14.6 Å². The number of allylic oxidation sites excluding steroid dienone is 1. The van der Waals surface area contributed by atoms with E-state index in [0.717, 1.165) is 5.56 Å². The van der Waals surface area contributed by atoms with Crippen molar-refractivity contribution in [1.82, 2.24) is 0 Å². The van der Waals surface area contributed by atoms with Crippen LogP contribution in [0.2, 0.25) is 0 Å². The average molecular weight is 340 g/mol. The van der Waals surface area contributed by atoms with Crippen LogP contribution in [0.15, 0.2) is 48.6 Å². The van der Waals surface area contributed by atoms with Gasteiger partial charge in [-0.25, -0.2) is 0 Å². The molecule has 0 aromatic heterocycles. The average Bonchev–Trinajstić information content (AvgIpc) is 3.26. The van der Waals surface area contributed by atoms with Crippen LogP contribution in [0.5, 0.6) is 0 Å². The van der Waals surface area contributed by atoms with Gasteiger partial charge in [-0.2, -0.15) is 0 Å². The molecular weight excluding hydrogens is 312 g/mol. The predicted octanol–water partition coefficient (Wildman–Crippen LogP) is 4.17. The molecule has 1 fully saturated rings. The molecule has 0 radical (unpaired) electrons. The molecule has 25 heavy (non-hydrogen) atoms. The standard InChI is InChI=1S/C22H28O3/c1-14(15-11-9-8-10-12-15)16-13-21(19(2,3)4)18(25-21)22(24,17(16)23)20(5,6)7/h8-13,18,24H,1H2,2-7H3. The van der Waals surface area contributed by atoms with E-state index in [2.05, 4.69) is 27.4 Å². The summed E-state index contributed by atoms with van der Waals surface area (Å²) >= 11 is 0. The van der Waals surface area contributed by atoms with Gasteiger partial charge in [-0.3, -0.25) is 4.79 Å². The van der Waals surface area contributed by atoms with Gasteiger partial charge < -0.3 is 9.84 Å². The molecule has 0 amide bonds. The maximum absolute atomic E-state index is 13.4. The monoisotopic (exact) mass is 340 g/mol. The number of ketones is 1. The minimum Gasteiger partial charge on any atom is -0.378 e. The molecule has 1 N–H and O–H groups in total. The summed E-state index contributed by atoms with van der Waals surface area (Å²) in [5.74, 6) is -0.295. The van der Waals surface area contributed by atoms with Crippen molar-refractivity contribution in [3.8, 4) is 0 Å². The van der Waals surface area contributed by atoms with E-state index in [1.165, 1.54) is 0 Å². The highest BCUT2D eigenvalue weighted by molar-refractivity contribution is 6.16. The molecule has 3 rings (SSSR count). The van der Waals surface area contributed by atoms with Crippen LogP contribution in [0.3, 0.4) is 0 Å². The summed E-state index contributed by atoms with van der Waals surface area (Å²) < 4.78 is 6.07. The molecule has 3 unspecified atom stereocenters. The van der Waals surface area contributed by atoms with Gasteiger partial charge in [-0.15, -0.1) is 0 Å². The normalized spacial score (nSPS) is 32.0. The maximum Gasteiger partial charge on any atom is 0.198 e.